The van der Waals surface area contributed by atoms with Crippen molar-refractivity contribution in [2.24, 2.45) is 22.2 Å². The van der Waals surface area contributed by atoms with Gasteiger partial charge < -0.3 is 22.3 Å². The molecule has 0 saturated carbocycles. The van der Waals surface area contributed by atoms with Gasteiger partial charge in [0.15, 0.2) is 5.96 Å². The Hall–Kier alpha value is 0.700. The Balaban J connectivity index is -0.000000605. The molecule has 0 amide bonds. The Labute approximate surface area is 127 Å². The molecule has 0 aromatic carbocycles. The molecule has 0 fully saturated rings. The number of carboxylic acid groups (broad SMARTS) is 1. The van der Waals surface area contributed by atoms with Gasteiger partial charge in [-0.3, -0.25) is 9.79 Å². The predicted octanol–water partition coefficient (Wildman–Crippen LogP) is -2.31. The number of hydrogen-bond acceptors (Lipinski definition) is 3. The van der Waals surface area contributed by atoms with Crippen LogP contribution in [0.1, 0.15) is 12.8 Å². The van der Waals surface area contributed by atoms with Crippen LogP contribution in [0.3, 0.4) is 0 Å². The number of nitrogens with two attached hydrogens (primary N) is 3. The number of nitrogens with zero attached hydrogens (tertiary/aromatic N) is 1. The summed E-state index contributed by atoms with van der Waals surface area (Å²) in [6, 6.07) is -0.820. The smallest absolute Gasteiger partial charge is 0.320 e. The largest absolute Gasteiger partial charge is 0.480 e. The molecule has 0 saturated heterocycles. The average Bonchev–Trinajstić information content (AvgIpc) is 1.97. The molecule has 7 N–H and O–H groups in total. The van der Waals surface area contributed by atoms with E-state index in [1.807, 2.05) is 0 Å². The molecule has 0 aromatic heterocycles. The van der Waals surface area contributed by atoms with Crippen molar-refractivity contribution in [3.8, 4) is 0 Å². The second-order valence-electron chi connectivity index (χ2n) is 2.39. The molecule has 0 heterocycles. The summed E-state index contributed by atoms with van der Waals surface area (Å²) in [6.45, 7) is 0.420. The van der Waals surface area contributed by atoms with E-state index in [2.05, 4.69) is 4.99 Å². The molecule has 1 atom stereocenters. The molecule has 0 aliphatic carbocycles. The van der Waals surface area contributed by atoms with E-state index in [4.69, 9.17) is 22.3 Å². The number of hydrogen-bond donors (Lipinski definition) is 4. The fourth-order valence-electron chi connectivity index (χ4n) is 0.643. The van der Waals surface area contributed by atoms with Crippen LogP contribution < -0.4 is 17.2 Å². The van der Waals surface area contributed by atoms with E-state index in [1.165, 1.54) is 0 Å². The van der Waals surface area contributed by atoms with Crippen LogP contribution in [-0.2, 0) is 4.79 Å². The second kappa shape index (κ2) is 11.8. The summed E-state index contributed by atoms with van der Waals surface area (Å²) < 4.78 is 0. The summed E-state index contributed by atoms with van der Waals surface area (Å²) in [6.07, 6.45) is 0.956. The zero-order valence-electron chi connectivity index (χ0n) is 8.73. The average molecular weight is 220 g/mol. The first-order valence-corrected chi connectivity index (χ1v) is 3.58. The van der Waals surface area contributed by atoms with Crippen molar-refractivity contribution in [2.75, 3.05) is 6.54 Å². The van der Waals surface area contributed by atoms with Gasteiger partial charge in [0.05, 0.1) is 0 Å². The van der Waals surface area contributed by atoms with Crippen LogP contribution in [0, 0.1) is 0 Å². The van der Waals surface area contributed by atoms with Crippen molar-refractivity contribution in [1.82, 2.24) is 0 Å². The molecule has 6 nitrogen and oxygen atoms in total. The summed E-state index contributed by atoms with van der Waals surface area (Å²) in [5.74, 6) is -0.987. The van der Waals surface area contributed by atoms with Gasteiger partial charge in [-0.1, -0.05) is 0 Å². The van der Waals surface area contributed by atoms with Crippen LogP contribution in [0.25, 0.3) is 0 Å². The Morgan fingerprint density at radius 3 is 2.21 bits per heavy atom. The molecule has 0 aliphatic heterocycles. The van der Waals surface area contributed by atoms with E-state index >= 15 is 0 Å². The zero-order chi connectivity index (χ0) is 9.56. The normalized spacial score (nSPS) is 10.4. The van der Waals surface area contributed by atoms with Crippen molar-refractivity contribution in [2.45, 2.75) is 18.9 Å². The molecule has 0 spiro atoms. The van der Waals surface area contributed by atoms with Gasteiger partial charge in [0.25, 0.3) is 0 Å². The molecule has 0 aromatic rings. The third-order valence-electron chi connectivity index (χ3n) is 1.28. The monoisotopic (exact) mass is 220 g/mol. The SMILES string of the molecule is NC(N)=NCCC[C@H](N)C(=O)O.[Na].[Na]. The summed E-state index contributed by atoms with van der Waals surface area (Å²) in [7, 11) is 0. The van der Waals surface area contributed by atoms with Crippen LogP contribution in [0.15, 0.2) is 4.99 Å². The number of carbonyl (C=O) groups is 1. The molecule has 14 heavy (non-hydrogen) atoms. The summed E-state index contributed by atoms with van der Waals surface area (Å²) in [5.41, 5.74) is 15.3. The van der Waals surface area contributed by atoms with E-state index in [9.17, 15) is 4.79 Å². The molecular weight excluding hydrogens is 206 g/mol. The van der Waals surface area contributed by atoms with E-state index < -0.39 is 12.0 Å². The van der Waals surface area contributed by atoms with Gasteiger partial charge in [-0.2, -0.15) is 0 Å². The maximum Gasteiger partial charge on any atom is 0.320 e. The molecule has 0 rings (SSSR count). The van der Waals surface area contributed by atoms with Crippen molar-refractivity contribution in [3.05, 3.63) is 0 Å². The maximum atomic E-state index is 10.2. The van der Waals surface area contributed by atoms with Crippen LogP contribution in [0.5, 0.6) is 0 Å². The molecule has 0 bridgehead atoms. The van der Waals surface area contributed by atoms with E-state index in [0.717, 1.165) is 0 Å². The van der Waals surface area contributed by atoms with E-state index in [0.29, 0.717) is 19.4 Å². The van der Waals surface area contributed by atoms with Crippen LogP contribution >= 0.6 is 0 Å². The first-order valence-electron chi connectivity index (χ1n) is 3.58. The summed E-state index contributed by atoms with van der Waals surface area (Å²) >= 11 is 0. The quantitative estimate of drug-likeness (QED) is 0.179. The van der Waals surface area contributed by atoms with Crippen molar-refractivity contribution in [1.29, 1.82) is 0 Å². The van der Waals surface area contributed by atoms with Gasteiger partial charge in [-0.25, -0.2) is 0 Å². The fraction of sp³-hybridized carbons (Fsp3) is 0.667. The molecule has 2 radical (unpaired) electrons. The van der Waals surface area contributed by atoms with Gasteiger partial charge in [-0.15, -0.1) is 0 Å². The van der Waals surface area contributed by atoms with Crippen molar-refractivity contribution < 1.29 is 9.90 Å². The molecule has 72 valence electrons. The molecule has 0 unspecified atom stereocenters. The van der Waals surface area contributed by atoms with Crippen LogP contribution in [-0.4, -0.2) is 88.7 Å². The first kappa shape index (κ1) is 20.2. The number of guanidine groups is 1. The zero-order valence-corrected chi connectivity index (χ0v) is 12.7. The number of aliphatic carboxylic acids is 1. The van der Waals surface area contributed by atoms with Crippen LogP contribution in [0.4, 0.5) is 0 Å². The van der Waals surface area contributed by atoms with Gasteiger partial charge in [0, 0.05) is 65.7 Å². The summed E-state index contributed by atoms with van der Waals surface area (Å²) in [5, 5.41) is 8.38. The number of carboxylic acids is 1. The Bertz CT molecular complexity index is 185. The standard InChI is InChI=1S/C6H14N4O2.2Na/c7-4(5(11)12)2-1-3-10-6(8)9;;/h4H,1-3,7H2,(H,11,12)(H4,8,9,10);;/t4-;;/m0../s1. The fourth-order valence-corrected chi connectivity index (χ4v) is 0.643. The third kappa shape index (κ3) is 12.7. The maximum absolute atomic E-state index is 10.2. The van der Waals surface area contributed by atoms with Crippen molar-refractivity contribution in [3.63, 3.8) is 0 Å². The van der Waals surface area contributed by atoms with Gasteiger partial charge in [-0.05, 0) is 12.8 Å². The van der Waals surface area contributed by atoms with E-state index in [-0.39, 0.29) is 65.1 Å². The number of aliphatic imine (C=N–C) groups is 1. The first-order chi connectivity index (χ1) is 5.54. The van der Waals surface area contributed by atoms with E-state index in [1.54, 1.807) is 0 Å². The Morgan fingerprint density at radius 2 is 1.86 bits per heavy atom. The molecule has 8 heteroatoms. The minimum absolute atomic E-state index is 0. The molecule has 0 aliphatic rings. The topological polar surface area (TPSA) is 128 Å². The van der Waals surface area contributed by atoms with Gasteiger partial charge >= 0.3 is 5.97 Å². The number of rotatable bonds is 5. The molecular formula is C6H14N4Na2O2. The summed E-state index contributed by atoms with van der Waals surface area (Å²) in [4.78, 5) is 13.9. The second-order valence-corrected chi connectivity index (χ2v) is 2.39. The minimum Gasteiger partial charge on any atom is -0.480 e. The van der Waals surface area contributed by atoms with Crippen LogP contribution in [0.2, 0.25) is 0 Å². The minimum atomic E-state index is -1.00. The predicted molar refractivity (Wildman–Crippen MR) is 57.0 cm³/mol. The van der Waals surface area contributed by atoms with Gasteiger partial charge in [0.2, 0.25) is 0 Å². The van der Waals surface area contributed by atoms with Gasteiger partial charge in [0.1, 0.15) is 6.04 Å². The Morgan fingerprint density at radius 1 is 1.36 bits per heavy atom. The third-order valence-corrected chi connectivity index (χ3v) is 1.28. The van der Waals surface area contributed by atoms with Crippen molar-refractivity contribution >= 4 is 71.0 Å². The Kier molecular flexibility index (Phi) is 16.9.